The standard InChI is InChI=1S/C25H23N5O4/c1-29-12-19(13-2-3-13)18-9-14(10-26-22(18)29)23(32)27-16-4-5-17-15(8-16)11-30(25(17)34)20-6-7-21(31)28-24(20)33/h4-5,8-10,12-13,20H,2-3,6-7,11H2,1H3,(H,27,32)(H,28,31,33). The molecule has 3 aliphatic rings. The molecule has 4 amide bonds. The average molecular weight is 457 g/mol. The fourth-order valence-corrected chi connectivity index (χ4v) is 4.99. The fraction of sp³-hybridized carbons (Fsp3) is 0.320. The van der Waals surface area contributed by atoms with Gasteiger partial charge < -0.3 is 14.8 Å². The maximum atomic E-state index is 13.0. The first-order valence-corrected chi connectivity index (χ1v) is 11.4. The minimum Gasteiger partial charge on any atom is -0.335 e. The highest BCUT2D eigenvalue weighted by Crippen LogP contribution is 2.43. The maximum Gasteiger partial charge on any atom is 0.257 e. The molecule has 2 fully saturated rings. The number of pyridine rings is 1. The van der Waals surface area contributed by atoms with E-state index in [0.29, 0.717) is 29.2 Å². The molecule has 1 saturated heterocycles. The normalized spacial score (nSPS) is 20.0. The average Bonchev–Trinajstić information content (AvgIpc) is 3.54. The minimum absolute atomic E-state index is 0.208. The number of benzene rings is 1. The minimum atomic E-state index is -0.667. The third-order valence-corrected chi connectivity index (χ3v) is 6.91. The van der Waals surface area contributed by atoms with Crippen LogP contribution in [0, 0.1) is 0 Å². The number of anilines is 1. The lowest BCUT2D eigenvalue weighted by Gasteiger charge is -2.29. The highest BCUT2D eigenvalue weighted by atomic mass is 16.2. The van der Waals surface area contributed by atoms with E-state index in [1.54, 1.807) is 24.4 Å². The van der Waals surface area contributed by atoms with E-state index in [2.05, 4.69) is 21.8 Å². The highest BCUT2D eigenvalue weighted by Gasteiger charge is 2.39. The van der Waals surface area contributed by atoms with Crippen LogP contribution >= 0.6 is 0 Å². The van der Waals surface area contributed by atoms with Crippen molar-refractivity contribution in [3.63, 3.8) is 0 Å². The molecule has 0 bridgehead atoms. The highest BCUT2D eigenvalue weighted by molar-refractivity contribution is 6.08. The topological polar surface area (TPSA) is 113 Å². The van der Waals surface area contributed by atoms with Crippen molar-refractivity contribution in [2.45, 2.75) is 44.2 Å². The molecule has 2 aliphatic heterocycles. The van der Waals surface area contributed by atoms with Gasteiger partial charge in [0.15, 0.2) is 0 Å². The third kappa shape index (κ3) is 3.35. The zero-order valence-corrected chi connectivity index (χ0v) is 18.6. The number of fused-ring (bicyclic) bond motifs is 2. The molecule has 34 heavy (non-hydrogen) atoms. The number of hydrogen-bond acceptors (Lipinski definition) is 5. The first-order valence-electron chi connectivity index (χ1n) is 11.4. The Bertz CT molecular complexity index is 1400. The summed E-state index contributed by atoms with van der Waals surface area (Å²) in [4.78, 5) is 55.5. The van der Waals surface area contributed by atoms with E-state index in [9.17, 15) is 19.2 Å². The third-order valence-electron chi connectivity index (χ3n) is 6.91. The van der Waals surface area contributed by atoms with Crippen LogP contribution in [0.25, 0.3) is 11.0 Å². The van der Waals surface area contributed by atoms with E-state index < -0.39 is 11.9 Å². The Morgan fingerprint density at radius 3 is 2.74 bits per heavy atom. The Morgan fingerprint density at radius 2 is 1.97 bits per heavy atom. The van der Waals surface area contributed by atoms with Gasteiger partial charge in [0.25, 0.3) is 11.8 Å². The molecule has 172 valence electrons. The molecule has 1 aromatic carbocycles. The van der Waals surface area contributed by atoms with Gasteiger partial charge in [0, 0.05) is 49.0 Å². The molecular formula is C25H23N5O4. The summed E-state index contributed by atoms with van der Waals surface area (Å²) in [6, 6.07) is 6.35. The molecule has 9 nitrogen and oxygen atoms in total. The van der Waals surface area contributed by atoms with Crippen LogP contribution in [0.1, 0.15) is 63.4 Å². The number of imide groups is 1. The number of nitrogens with one attached hydrogen (secondary N) is 2. The molecule has 1 atom stereocenters. The van der Waals surface area contributed by atoms with Gasteiger partial charge in [0.05, 0.1) is 5.56 Å². The molecule has 3 aromatic rings. The van der Waals surface area contributed by atoms with Crippen molar-refractivity contribution >= 4 is 40.3 Å². The van der Waals surface area contributed by atoms with E-state index >= 15 is 0 Å². The van der Waals surface area contributed by atoms with E-state index in [-0.39, 0.29) is 30.7 Å². The summed E-state index contributed by atoms with van der Waals surface area (Å²) in [5, 5.41) is 6.22. The summed E-state index contributed by atoms with van der Waals surface area (Å²) in [6.07, 6.45) is 6.53. The lowest BCUT2D eigenvalue weighted by Crippen LogP contribution is -2.52. The van der Waals surface area contributed by atoms with Crippen molar-refractivity contribution in [3.05, 3.63) is 58.9 Å². The SMILES string of the molecule is Cn1cc(C2CC2)c2cc(C(=O)Nc3ccc4c(c3)CN(C3CCC(=O)NC3=O)C4=O)cnc21. The lowest BCUT2D eigenvalue weighted by atomic mass is 10.0. The Balaban J connectivity index is 1.22. The van der Waals surface area contributed by atoms with Gasteiger partial charge in [0.1, 0.15) is 11.7 Å². The molecule has 4 heterocycles. The fourth-order valence-electron chi connectivity index (χ4n) is 4.99. The molecule has 1 unspecified atom stereocenters. The van der Waals surface area contributed by atoms with Crippen LogP contribution in [0.15, 0.2) is 36.7 Å². The van der Waals surface area contributed by atoms with Crippen LogP contribution in [-0.2, 0) is 23.2 Å². The second kappa shape index (κ2) is 7.51. The number of amides is 4. The monoisotopic (exact) mass is 457 g/mol. The summed E-state index contributed by atoms with van der Waals surface area (Å²) in [7, 11) is 1.96. The van der Waals surface area contributed by atoms with Crippen LogP contribution in [0.4, 0.5) is 5.69 Å². The summed E-state index contributed by atoms with van der Waals surface area (Å²) in [5.74, 6) is -0.728. The summed E-state index contributed by atoms with van der Waals surface area (Å²) in [5.41, 5.74) is 4.39. The largest absolute Gasteiger partial charge is 0.335 e. The Labute approximate surface area is 195 Å². The van der Waals surface area contributed by atoms with Crippen molar-refractivity contribution in [3.8, 4) is 0 Å². The zero-order valence-electron chi connectivity index (χ0n) is 18.6. The number of piperidine rings is 1. The molecule has 9 heteroatoms. The predicted octanol–water partition coefficient (Wildman–Crippen LogP) is 2.46. The quantitative estimate of drug-likeness (QED) is 0.585. The van der Waals surface area contributed by atoms with Crippen LogP contribution < -0.4 is 10.6 Å². The number of carbonyl (C=O) groups is 4. The predicted molar refractivity (Wildman–Crippen MR) is 123 cm³/mol. The van der Waals surface area contributed by atoms with E-state index in [1.165, 1.54) is 23.3 Å². The first kappa shape index (κ1) is 20.6. The molecular weight excluding hydrogens is 434 g/mol. The van der Waals surface area contributed by atoms with Gasteiger partial charge in [-0.15, -0.1) is 0 Å². The van der Waals surface area contributed by atoms with Crippen molar-refractivity contribution in [2.75, 3.05) is 5.32 Å². The van der Waals surface area contributed by atoms with Crippen molar-refractivity contribution in [1.29, 1.82) is 0 Å². The van der Waals surface area contributed by atoms with Crippen molar-refractivity contribution in [2.24, 2.45) is 7.05 Å². The zero-order chi connectivity index (χ0) is 23.6. The Morgan fingerprint density at radius 1 is 1.15 bits per heavy atom. The smallest absolute Gasteiger partial charge is 0.257 e. The number of rotatable bonds is 4. The number of carbonyl (C=O) groups excluding carboxylic acids is 4. The van der Waals surface area contributed by atoms with E-state index in [4.69, 9.17) is 0 Å². The van der Waals surface area contributed by atoms with E-state index in [1.807, 2.05) is 17.7 Å². The van der Waals surface area contributed by atoms with Crippen molar-refractivity contribution in [1.82, 2.24) is 19.8 Å². The van der Waals surface area contributed by atoms with Gasteiger partial charge in [-0.25, -0.2) is 4.98 Å². The number of aryl methyl sites for hydroxylation is 1. The van der Waals surface area contributed by atoms with Gasteiger partial charge in [0.2, 0.25) is 11.8 Å². The van der Waals surface area contributed by atoms with Gasteiger partial charge in [-0.2, -0.15) is 0 Å². The molecule has 0 radical (unpaired) electrons. The van der Waals surface area contributed by atoms with Crippen LogP contribution in [0.2, 0.25) is 0 Å². The Kier molecular flexibility index (Phi) is 4.55. The van der Waals surface area contributed by atoms with Gasteiger partial charge in [-0.1, -0.05) is 0 Å². The van der Waals surface area contributed by atoms with Gasteiger partial charge >= 0.3 is 0 Å². The van der Waals surface area contributed by atoms with Crippen molar-refractivity contribution < 1.29 is 19.2 Å². The van der Waals surface area contributed by atoms with Crippen LogP contribution in [0.3, 0.4) is 0 Å². The molecule has 6 rings (SSSR count). The van der Waals surface area contributed by atoms with Gasteiger partial charge in [-0.3, -0.25) is 24.5 Å². The summed E-state index contributed by atoms with van der Waals surface area (Å²) < 4.78 is 2.00. The number of nitrogens with zero attached hydrogens (tertiary/aromatic N) is 3. The van der Waals surface area contributed by atoms with Gasteiger partial charge in [-0.05, 0) is 60.6 Å². The molecule has 2 aromatic heterocycles. The van der Waals surface area contributed by atoms with Crippen LogP contribution in [0.5, 0.6) is 0 Å². The van der Waals surface area contributed by atoms with E-state index in [0.717, 1.165) is 16.6 Å². The first-order chi connectivity index (χ1) is 16.4. The molecule has 2 N–H and O–H groups in total. The Hall–Kier alpha value is -4.01. The molecule has 1 saturated carbocycles. The summed E-state index contributed by atoms with van der Waals surface area (Å²) >= 11 is 0. The lowest BCUT2D eigenvalue weighted by molar-refractivity contribution is -0.136. The second-order valence-electron chi connectivity index (χ2n) is 9.29. The summed E-state index contributed by atoms with van der Waals surface area (Å²) in [6.45, 7) is 0.256. The number of hydrogen-bond donors (Lipinski definition) is 2. The maximum absolute atomic E-state index is 13.0. The molecule has 1 aliphatic carbocycles. The van der Waals surface area contributed by atoms with Crippen LogP contribution in [-0.4, -0.2) is 44.1 Å². The second-order valence-corrected chi connectivity index (χ2v) is 9.29. The number of aromatic nitrogens is 2. The molecule has 0 spiro atoms.